The van der Waals surface area contributed by atoms with Crippen molar-refractivity contribution in [3.05, 3.63) is 53.3 Å². The molecule has 4 nitrogen and oxygen atoms in total. The van der Waals surface area contributed by atoms with Crippen molar-refractivity contribution in [3.8, 4) is 5.75 Å². The minimum absolute atomic E-state index is 0.0441. The van der Waals surface area contributed by atoms with Crippen LogP contribution in [0.1, 0.15) is 25.3 Å². The molecule has 0 aliphatic rings. The summed E-state index contributed by atoms with van der Waals surface area (Å²) in [5.74, 6) is -0.537. The first-order valence-electron chi connectivity index (χ1n) is 8.20. The number of nitrogens with zero attached hydrogens (tertiary/aromatic N) is 1. The summed E-state index contributed by atoms with van der Waals surface area (Å²) in [5, 5.41) is 2.80. The molecule has 6 heteroatoms. The van der Waals surface area contributed by atoms with Gasteiger partial charge in [0.1, 0.15) is 0 Å². The van der Waals surface area contributed by atoms with Crippen LogP contribution >= 0.6 is 11.3 Å². The van der Waals surface area contributed by atoms with Crippen molar-refractivity contribution in [2.24, 2.45) is 0 Å². The van der Waals surface area contributed by atoms with E-state index in [1.54, 1.807) is 29.8 Å². The zero-order chi connectivity index (χ0) is 17.6. The third kappa shape index (κ3) is 4.33. The molecule has 130 valence electrons. The van der Waals surface area contributed by atoms with Crippen LogP contribution in [0.5, 0.6) is 5.75 Å². The van der Waals surface area contributed by atoms with E-state index in [1.807, 2.05) is 19.1 Å². The topological polar surface area (TPSA) is 51.2 Å². The second-order valence-corrected chi connectivity index (χ2v) is 6.58. The summed E-state index contributed by atoms with van der Waals surface area (Å²) in [4.78, 5) is 16.5. The summed E-state index contributed by atoms with van der Waals surface area (Å²) in [6, 6.07) is 10.4. The van der Waals surface area contributed by atoms with E-state index in [2.05, 4.69) is 10.3 Å². The number of thiazole rings is 1. The second kappa shape index (κ2) is 8.07. The number of halogens is 1. The molecule has 0 saturated heterocycles. The number of rotatable bonds is 7. The highest BCUT2D eigenvalue weighted by Crippen LogP contribution is 2.23. The van der Waals surface area contributed by atoms with Gasteiger partial charge >= 0.3 is 0 Å². The maximum atomic E-state index is 14.5. The molecule has 0 saturated carbocycles. The maximum Gasteiger partial charge on any atom is 0.228 e. The summed E-state index contributed by atoms with van der Waals surface area (Å²) >= 11 is 1.51. The third-order valence-electron chi connectivity index (χ3n) is 3.76. The molecule has 2 aromatic carbocycles. The average molecular weight is 358 g/mol. The predicted molar refractivity (Wildman–Crippen MR) is 98.8 cm³/mol. The van der Waals surface area contributed by atoms with E-state index >= 15 is 0 Å². The summed E-state index contributed by atoms with van der Waals surface area (Å²) in [6.45, 7) is 2.52. The number of amides is 1. The molecule has 1 N–H and O–H groups in total. The molecule has 0 bridgehead atoms. The molecule has 3 rings (SSSR count). The molecule has 3 aromatic rings. The number of benzene rings is 2. The van der Waals surface area contributed by atoms with Crippen LogP contribution < -0.4 is 10.1 Å². The van der Waals surface area contributed by atoms with Crippen LogP contribution in [0.25, 0.3) is 10.2 Å². The standard InChI is InChI=1S/C19H19FN2O2S/c1-2-3-9-24-16-6-4-5-13(19(16)20)10-18(23)22-14-7-8-15-17(11-14)25-12-21-15/h4-8,11-12H,2-3,9-10H2,1H3,(H,22,23). The van der Waals surface area contributed by atoms with Gasteiger partial charge in [-0.1, -0.05) is 25.5 Å². The van der Waals surface area contributed by atoms with E-state index in [0.29, 0.717) is 17.9 Å². The van der Waals surface area contributed by atoms with Gasteiger partial charge < -0.3 is 10.1 Å². The van der Waals surface area contributed by atoms with Gasteiger partial charge in [0.25, 0.3) is 0 Å². The summed E-state index contributed by atoms with van der Waals surface area (Å²) in [7, 11) is 0. The molecule has 0 fully saturated rings. The third-order valence-corrected chi connectivity index (χ3v) is 4.56. The SMILES string of the molecule is CCCCOc1cccc(CC(=O)Nc2ccc3ncsc3c2)c1F. The molecule has 0 aliphatic carbocycles. The van der Waals surface area contributed by atoms with Crippen molar-refractivity contribution in [3.63, 3.8) is 0 Å². The number of ether oxygens (including phenoxy) is 1. The van der Waals surface area contributed by atoms with Gasteiger partial charge in [0.05, 0.1) is 28.8 Å². The van der Waals surface area contributed by atoms with Gasteiger partial charge in [-0.25, -0.2) is 9.37 Å². The Morgan fingerprint density at radius 3 is 3.04 bits per heavy atom. The van der Waals surface area contributed by atoms with Crippen molar-refractivity contribution in [1.82, 2.24) is 4.98 Å². The lowest BCUT2D eigenvalue weighted by Crippen LogP contribution is -2.15. The Morgan fingerprint density at radius 2 is 2.20 bits per heavy atom. The summed E-state index contributed by atoms with van der Waals surface area (Å²) in [6.07, 6.45) is 1.80. The predicted octanol–water partition coefficient (Wildman–Crippen LogP) is 4.80. The zero-order valence-corrected chi connectivity index (χ0v) is 14.7. The van der Waals surface area contributed by atoms with Crippen LogP contribution in [-0.4, -0.2) is 17.5 Å². The summed E-state index contributed by atoms with van der Waals surface area (Å²) in [5.41, 5.74) is 3.66. The molecule has 0 spiro atoms. The maximum absolute atomic E-state index is 14.5. The lowest BCUT2D eigenvalue weighted by Gasteiger charge is -2.10. The van der Waals surface area contributed by atoms with Crippen LogP contribution in [0.15, 0.2) is 41.9 Å². The minimum Gasteiger partial charge on any atom is -0.491 e. The van der Waals surface area contributed by atoms with Crippen LogP contribution in [0.2, 0.25) is 0 Å². The van der Waals surface area contributed by atoms with Gasteiger partial charge in [-0.2, -0.15) is 0 Å². The first-order chi connectivity index (χ1) is 12.2. The van der Waals surface area contributed by atoms with E-state index in [4.69, 9.17) is 4.74 Å². The number of anilines is 1. The highest BCUT2D eigenvalue weighted by Gasteiger charge is 2.13. The first-order valence-corrected chi connectivity index (χ1v) is 9.08. The lowest BCUT2D eigenvalue weighted by atomic mass is 10.1. The Hall–Kier alpha value is -2.47. The number of unbranched alkanes of at least 4 members (excludes halogenated alkanes) is 1. The highest BCUT2D eigenvalue weighted by molar-refractivity contribution is 7.16. The largest absolute Gasteiger partial charge is 0.491 e. The zero-order valence-electron chi connectivity index (χ0n) is 13.9. The molecule has 0 radical (unpaired) electrons. The van der Waals surface area contributed by atoms with Gasteiger partial charge in [-0.3, -0.25) is 4.79 Å². The number of nitrogens with one attached hydrogen (secondary N) is 1. The van der Waals surface area contributed by atoms with Crippen LogP contribution in [0.4, 0.5) is 10.1 Å². The van der Waals surface area contributed by atoms with Gasteiger partial charge in [-0.05, 0) is 30.7 Å². The number of aromatic nitrogens is 1. The van der Waals surface area contributed by atoms with E-state index in [0.717, 1.165) is 23.1 Å². The normalized spacial score (nSPS) is 10.8. The molecular formula is C19H19FN2O2S. The molecular weight excluding hydrogens is 339 g/mol. The number of fused-ring (bicyclic) bond motifs is 1. The number of carbonyl (C=O) groups excluding carboxylic acids is 1. The van der Waals surface area contributed by atoms with Crippen molar-refractivity contribution < 1.29 is 13.9 Å². The second-order valence-electron chi connectivity index (χ2n) is 5.69. The number of hydrogen-bond acceptors (Lipinski definition) is 4. The average Bonchev–Trinajstić information content (AvgIpc) is 3.06. The van der Waals surface area contributed by atoms with Gasteiger partial charge in [0, 0.05) is 11.3 Å². The Kier molecular flexibility index (Phi) is 5.60. The molecule has 1 heterocycles. The molecule has 0 aliphatic heterocycles. The van der Waals surface area contributed by atoms with Gasteiger partial charge in [0.2, 0.25) is 5.91 Å². The molecule has 0 unspecified atom stereocenters. The minimum atomic E-state index is -0.466. The Bertz CT molecular complexity index is 879. The van der Waals surface area contributed by atoms with Crippen molar-refractivity contribution >= 4 is 33.1 Å². The molecule has 1 amide bonds. The Morgan fingerprint density at radius 1 is 1.32 bits per heavy atom. The van der Waals surface area contributed by atoms with Gasteiger partial charge in [0.15, 0.2) is 11.6 Å². The first kappa shape index (κ1) is 17.4. The molecule has 25 heavy (non-hydrogen) atoms. The fourth-order valence-electron chi connectivity index (χ4n) is 2.44. The Balaban J connectivity index is 1.66. The molecule has 1 aromatic heterocycles. The van der Waals surface area contributed by atoms with Gasteiger partial charge in [-0.15, -0.1) is 11.3 Å². The highest BCUT2D eigenvalue weighted by atomic mass is 32.1. The molecule has 0 atom stereocenters. The van der Waals surface area contributed by atoms with Crippen molar-refractivity contribution in [1.29, 1.82) is 0 Å². The van der Waals surface area contributed by atoms with Crippen LogP contribution in [0, 0.1) is 5.82 Å². The number of carbonyl (C=O) groups is 1. The fourth-order valence-corrected chi connectivity index (χ4v) is 3.16. The Labute approximate surface area is 149 Å². The van der Waals surface area contributed by atoms with Crippen LogP contribution in [0.3, 0.4) is 0 Å². The smallest absolute Gasteiger partial charge is 0.228 e. The quantitative estimate of drug-likeness (QED) is 0.618. The van der Waals surface area contributed by atoms with Crippen molar-refractivity contribution in [2.45, 2.75) is 26.2 Å². The van der Waals surface area contributed by atoms with E-state index in [9.17, 15) is 9.18 Å². The van der Waals surface area contributed by atoms with E-state index in [1.165, 1.54) is 11.3 Å². The van der Waals surface area contributed by atoms with Crippen LogP contribution in [-0.2, 0) is 11.2 Å². The fraction of sp³-hybridized carbons (Fsp3) is 0.263. The summed E-state index contributed by atoms with van der Waals surface area (Å²) < 4.78 is 20.9. The van der Waals surface area contributed by atoms with Crippen molar-refractivity contribution in [2.75, 3.05) is 11.9 Å². The monoisotopic (exact) mass is 358 g/mol. The number of hydrogen-bond donors (Lipinski definition) is 1. The van der Waals surface area contributed by atoms with E-state index < -0.39 is 5.82 Å². The van der Waals surface area contributed by atoms with E-state index in [-0.39, 0.29) is 18.1 Å². The lowest BCUT2D eigenvalue weighted by molar-refractivity contribution is -0.115.